The Hall–Kier alpha value is -3.25. The van der Waals surface area contributed by atoms with Crippen molar-refractivity contribution in [2.45, 2.75) is 20.8 Å². The van der Waals surface area contributed by atoms with Gasteiger partial charge in [0.25, 0.3) is 0 Å². The largest absolute Gasteiger partial charge is 0.510 e. The van der Waals surface area contributed by atoms with E-state index in [2.05, 4.69) is 31.0 Å². The lowest BCUT2D eigenvalue weighted by atomic mass is 10.1. The average molecular weight is 404 g/mol. The minimum absolute atomic E-state index is 0.00336. The van der Waals surface area contributed by atoms with Crippen molar-refractivity contribution in [1.29, 1.82) is 5.41 Å². The first-order valence-electron chi connectivity index (χ1n) is 9.28. The lowest BCUT2D eigenvalue weighted by molar-refractivity contribution is 0.101. The molecule has 0 unspecified atom stereocenters. The normalized spacial score (nSPS) is 14.0. The first-order valence-corrected chi connectivity index (χ1v) is 10.2. The molecule has 0 amide bonds. The maximum atomic E-state index is 11.5. The minimum atomic E-state index is -0.00336. The highest BCUT2D eigenvalue weighted by atomic mass is 32.1. The van der Waals surface area contributed by atoms with E-state index < -0.39 is 0 Å². The molecule has 146 valence electrons. The van der Waals surface area contributed by atoms with Gasteiger partial charge in [-0.2, -0.15) is 0 Å². The molecule has 1 aliphatic heterocycles. The van der Waals surface area contributed by atoms with Crippen LogP contribution in [-0.4, -0.2) is 28.3 Å². The highest BCUT2D eigenvalue weighted by molar-refractivity contribution is 7.11. The number of hydrogen-bond acceptors (Lipinski definition) is 5. The van der Waals surface area contributed by atoms with Crippen molar-refractivity contribution >= 4 is 34.2 Å². The van der Waals surface area contributed by atoms with E-state index in [4.69, 9.17) is 5.41 Å². The number of Topliss-reactive ketones (excluding diaryl/α,β-unsaturated/α-hetero) is 1. The predicted octanol–water partition coefficient (Wildman–Crippen LogP) is 5.40. The van der Waals surface area contributed by atoms with Gasteiger partial charge in [0.05, 0.1) is 17.8 Å². The third kappa shape index (κ3) is 3.47. The summed E-state index contributed by atoms with van der Waals surface area (Å²) in [7, 11) is 0. The van der Waals surface area contributed by atoms with Gasteiger partial charge in [0, 0.05) is 22.2 Å². The number of thiazole rings is 1. The van der Waals surface area contributed by atoms with Gasteiger partial charge in [-0.15, -0.1) is 11.3 Å². The molecule has 4 rings (SSSR count). The summed E-state index contributed by atoms with van der Waals surface area (Å²) in [5.41, 5.74) is 6.13. The number of hydrogen-bond donors (Lipinski definition) is 2. The third-order valence-electron chi connectivity index (χ3n) is 5.21. The summed E-state index contributed by atoms with van der Waals surface area (Å²) in [5.74, 6) is 0.335. The van der Waals surface area contributed by atoms with Crippen molar-refractivity contribution in [3.05, 3.63) is 75.3 Å². The molecule has 0 aliphatic carbocycles. The second-order valence-corrected chi connectivity index (χ2v) is 8.05. The SMILES string of the molecule is CC(=O)c1ccc(N2CC(O)=C(c3nc(-c4ccc(C)c(C)c4)cs3)C2=N)cc1. The summed E-state index contributed by atoms with van der Waals surface area (Å²) >= 11 is 1.42. The van der Waals surface area contributed by atoms with Crippen LogP contribution in [-0.2, 0) is 0 Å². The first kappa shape index (κ1) is 19.1. The summed E-state index contributed by atoms with van der Waals surface area (Å²) in [6, 6.07) is 13.3. The maximum absolute atomic E-state index is 11.5. The topological polar surface area (TPSA) is 77.3 Å². The molecule has 0 atom stereocenters. The van der Waals surface area contributed by atoms with Gasteiger partial charge in [0.1, 0.15) is 16.6 Å². The van der Waals surface area contributed by atoms with Gasteiger partial charge in [-0.05, 0) is 62.2 Å². The molecular weight excluding hydrogens is 382 g/mol. The molecule has 0 fully saturated rings. The van der Waals surface area contributed by atoms with Crippen LogP contribution in [0.2, 0.25) is 0 Å². The molecule has 5 nitrogen and oxygen atoms in total. The molecule has 0 bridgehead atoms. The standard InChI is InChI=1S/C23H21N3O2S/c1-13-4-5-17(10-14(13)2)19-12-29-23(25-19)21-20(28)11-26(22(21)24)18-8-6-16(7-9-18)15(3)27/h4-10,12,24,28H,11H2,1-3H3. The summed E-state index contributed by atoms with van der Waals surface area (Å²) in [6.45, 7) is 5.88. The summed E-state index contributed by atoms with van der Waals surface area (Å²) in [6.07, 6.45) is 0. The van der Waals surface area contributed by atoms with Gasteiger partial charge < -0.3 is 10.0 Å². The molecule has 2 aromatic carbocycles. The Morgan fingerprint density at radius 3 is 2.52 bits per heavy atom. The van der Waals surface area contributed by atoms with Crippen molar-refractivity contribution in [2.24, 2.45) is 0 Å². The van der Waals surface area contributed by atoms with E-state index in [9.17, 15) is 9.90 Å². The van der Waals surface area contributed by atoms with Crippen molar-refractivity contribution < 1.29 is 9.90 Å². The molecule has 0 spiro atoms. The van der Waals surface area contributed by atoms with E-state index in [1.165, 1.54) is 29.4 Å². The molecule has 1 aliphatic rings. The molecule has 0 radical (unpaired) electrons. The smallest absolute Gasteiger partial charge is 0.159 e. The van der Waals surface area contributed by atoms with Crippen LogP contribution in [0, 0.1) is 19.3 Å². The van der Waals surface area contributed by atoms with Gasteiger partial charge >= 0.3 is 0 Å². The van der Waals surface area contributed by atoms with Crippen LogP contribution in [0.25, 0.3) is 16.8 Å². The number of ketones is 1. The Morgan fingerprint density at radius 2 is 1.86 bits per heavy atom. The summed E-state index contributed by atoms with van der Waals surface area (Å²) in [4.78, 5) is 17.9. The van der Waals surface area contributed by atoms with E-state index in [0.717, 1.165) is 16.9 Å². The average Bonchev–Trinajstić information content (AvgIpc) is 3.28. The van der Waals surface area contributed by atoms with Crippen LogP contribution >= 0.6 is 11.3 Å². The van der Waals surface area contributed by atoms with Crippen LogP contribution in [0.15, 0.2) is 53.6 Å². The molecule has 3 aromatic rings. The number of nitrogens with zero attached hydrogens (tertiary/aromatic N) is 2. The van der Waals surface area contributed by atoms with Crippen LogP contribution < -0.4 is 4.90 Å². The molecule has 2 N–H and O–H groups in total. The van der Waals surface area contributed by atoms with E-state index in [0.29, 0.717) is 16.1 Å². The van der Waals surface area contributed by atoms with E-state index >= 15 is 0 Å². The van der Waals surface area contributed by atoms with Crippen LogP contribution in [0.5, 0.6) is 0 Å². The number of benzene rings is 2. The van der Waals surface area contributed by atoms with E-state index in [1.54, 1.807) is 29.2 Å². The Bertz CT molecular complexity index is 1160. The highest BCUT2D eigenvalue weighted by Crippen LogP contribution is 2.34. The Morgan fingerprint density at radius 1 is 1.14 bits per heavy atom. The highest BCUT2D eigenvalue weighted by Gasteiger charge is 2.31. The zero-order chi connectivity index (χ0) is 20.7. The summed E-state index contributed by atoms with van der Waals surface area (Å²) < 4.78 is 0. The second kappa shape index (κ2) is 7.29. The zero-order valence-corrected chi connectivity index (χ0v) is 17.3. The molecule has 0 saturated heterocycles. The quantitative estimate of drug-likeness (QED) is 0.572. The minimum Gasteiger partial charge on any atom is -0.510 e. The van der Waals surface area contributed by atoms with Gasteiger partial charge in [-0.25, -0.2) is 4.98 Å². The molecule has 1 aromatic heterocycles. The summed E-state index contributed by atoms with van der Waals surface area (Å²) in [5, 5.41) is 21.7. The molecule has 0 saturated carbocycles. The Kier molecular flexibility index (Phi) is 4.80. The van der Waals surface area contributed by atoms with Crippen molar-refractivity contribution in [1.82, 2.24) is 4.98 Å². The van der Waals surface area contributed by atoms with Crippen LogP contribution in [0.3, 0.4) is 0 Å². The lowest BCUT2D eigenvalue weighted by Gasteiger charge is -2.18. The second-order valence-electron chi connectivity index (χ2n) is 7.20. The number of nitrogens with one attached hydrogen (secondary N) is 1. The Balaban J connectivity index is 1.61. The number of rotatable bonds is 4. The number of aliphatic hydroxyl groups is 1. The van der Waals surface area contributed by atoms with Crippen molar-refractivity contribution in [2.75, 3.05) is 11.4 Å². The first-order chi connectivity index (χ1) is 13.8. The fraction of sp³-hybridized carbons (Fsp3) is 0.174. The zero-order valence-electron chi connectivity index (χ0n) is 16.5. The number of aromatic nitrogens is 1. The fourth-order valence-electron chi connectivity index (χ4n) is 3.32. The number of aryl methyl sites for hydroxylation is 2. The number of amidine groups is 1. The Labute approximate surface area is 173 Å². The van der Waals surface area contributed by atoms with E-state index in [-0.39, 0.29) is 23.9 Å². The van der Waals surface area contributed by atoms with Crippen LogP contribution in [0.1, 0.15) is 33.4 Å². The van der Waals surface area contributed by atoms with Gasteiger partial charge in [0.15, 0.2) is 5.78 Å². The van der Waals surface area contributed by atoms with Crippen molar-refractivity contribution in [3.8, 4) is 11.3 Å². The van der Waals surface area contributed by atoms with Crippen LogP contribution in [0.4, 0.5) is 5.69 Å². The third-order valence-corrected chi connectivity index (χ3v) is 6.07. The molecular formula is C23H21N3O2S. The van der Waals surface area contributed by atoms with Gasteiger partial charge in [-0.3, -0.25) is 10.2 Å². The number of aliphatic hydroxyl groups excluding tert-OH is 1. The molecule has 6 heteroatoms. The van der Waals surface area contributed by atoms with Crippen molar-refractivity contribution in [3.63, 3.8) is 0 Å². The van der Waals surface area contributed by atoms with E-state index in [1.807, 2.05) is 11.4 Å². The van der Waals surface area contributed by atoms with Gasteiger partial charge in [0.2, 0.25) is 0 Å². The number of carbonyl (C=O) groups is 1. The molecule has 29 heavy (non-hydrogen) atoms. The molecule has 2 heterocycles. The lowest BCUT2D eigenvalue weighted by Crippen LogP contribution is -2.26. The number of anilines is 1. The fourth-order valence-corrected chi connectivity index (χ4v) is 4.22. The van der Waals surface area contributed by atoms with Gasteiger partial charge in [-0.1, -0.05) is 12.1 Å². The predicted molar refractivity (Wildman–Crippen MR) is 118 cm³/mol. The number of carbonyl (C=O) groups excluding carboxylic acids is 1. The monoisotopic (exact) mass is 403 g/mol. The maximum Gasteiger partial charge on any atom is 0.159 e.